The summed E-state index contributed by atoms with van der Waals surface area (Å²) in [5.41, 5.74) is 2.96. The average molecular weight is 459 g/mol. The molecule has 0 bridgehead atoms. The Morgan fingerprint density at radius 1 is 1.06 bits per heavy atom. The van der Waals surface area contributed by atoms with E-state index in [0.717, 1.165) is 16.6 Å². The van der Waals surface area contributed by atoms with Crippen LogP contribution in [0.2, 0.25) is 5.02 Å². The Bertz CT molecular complexity index is 1330. The molecule has 0 saturated heterocycles. The molecule has 1 N–H and O–H groups in total. The van der Waals surface area contributed by atoms with Gasteiger partial charge in [-0.15, -0.1) is 0 Å². The van der Waals surface area contributed by atoms with Crippen molar-refractivity contribution in [2.24, 2.45) is 0 Å². The van der Waals surface area contributed by atoms with Gasteiger partial charge in [-0.3, -0.25) is 4.98 Å². The summed E-state index contributed by atoms with van der Waals surface area (Å²) < 4.78 is 5.53. The standard InChI is InChI=1S/C25H23ClN6O/c1-4-33-14-21-31-23(29-17-9-7-16(8-10-17)25(2,3)15-27)18-11-12-20(30-24(18)32-21)22-19(26)6-5-13-28-22/h5-13H,4,14H2,1-3H3,(H,29,30,31,32). The Morgan fingerprint density at radius 3 is 2.55 bits per heavy atom. The SMILES string of the molecule is CCOCc1nc(Nc2ccc(C(C)(C)C#N)cc2)c2ccc(-c3ncccc3Cl)nc2n1. The molecule has 8 heteroatoms. The number of benzene rings is 1. The Hall–Kier alpha value is -3.60. The van der Waals surface area contributed by atoms with Crippen molar-refractivity contribution in [3.63, 3.8) is 0 Å². The smallest absolute Gasteiger partial charge is 0.165 e. The molecule has 0 amide bonds. The van der Waals surface area contributed by atoms with Gasteiger partial charge in [0.05, 0.1) is 27.6 Å². The van der Waals surface area contributed by atoms with Gasteiger partial charge in [0.25, 0.3) is 0 Å². The predicted octanol–water partition coefficient (Wildman–Crippen LogP) is 5.82. The Balaban J connectivity index is 1.75. The molecule has 0 spiro atoms. The summed E-state index contributed by atoms with van der Waals surface area (Å²) in [5, 5.41) is 14.0. The summed E-state index contributed by atoms with van der Waals surface area (Å²) >= 11 is 6.32. The molecule has 7 nitrogen and oxygen atoms in total. The van der Waals surface area contributed by atoms with Crippen molar-refractivity contribution in [2.45, 2.75) is 32.8 Å². The third-order valence-corrected chi connectivity index (χ3v) is 5.50. The number of nitrogens with zero attached hydrogens (tertiary/aromatic N) is 5. The number of ether oxygens (including phenoxy) is 1. The van der Waals surface area contributed by atoms with E-state index in [-0.39, 0.29) is 6.61 Å². The topological polar surface area (TPSA) is 96.6 Å². The number of hydrogen-bond donors (Lipinski definition) is 1. The zero-order valence-electron chi connectivity index (χ0n) is 18.6. The molecule has 4 rings (SSSR count). The second-order valence-corrected chi connectivity index (χ2v) is 8.37. The zero-order chi connectivity index (χ0) is 23.4. The van der Waals surface area contributed by atoms with E-state index >= 15 is 0 Å². The van der Waals surface area contributed by atoms with Crippen LogP contribution in [0, 0.1) is 11.3 Å². The summed E-state index contributed by atoms with van der Waals surface area (Å²) in [6, 6.07) is 17.4. The summed E-state index contributed by atoms with van der Waals surface area (Å²) in [6.45, 7) is 6.53. The number of aromatic nitrogens is 4. The molecule has 0 aliphatic carbocycles. The van der Waals surface area contributed by atoms with Crippen LogP contribution in [-0.2, 0) is 16.8 Å². The fourth-order valence-electron chi connectivity index (χ4n) is 3.29. The first-order chi connectivity index (χ1) is 15.9. The molecule has 1 aromatic carbocycles. The minimum absolute atomic E-state index is 0.271. The van der Waals surface area contributed by atoms with Gasteiger partial charge in [-0.05, 0) is 62.7 Å². The average Bonchev–Trinajstić information content (AvgIpc) is 2.83. The normalized spacial score (nSPS) is 11.4. The van der Waals surface area contributed by atoms with Crippen LogP contribution in [0.5, 0.6) is 0 Å². The van der Waals surface area contributed by atoms with Crippen LogP contribution in [0.4, 0.5) is 11.5 Å². The zero-order valence-corrected chi connectivity index (χ0v) is 19.4. The highest BCUT2D eigenvalue weighted by molar-refractivity contribution is 6.32. The van der Waals surface area contributed by atoms with Crippen LogP contribution >= 0.6 is 11.6 Å². The number of nitrogens with one attached hydrogen (secondary N) is 1. The molecule has 0 atom stereocenters. The van der Waals surface area contributed by atoms with Crippen molar-refractivity contribution >= 4 is 34.1 Å². The molecule has 0 radical (unpaired) electrons. The van der Waals surface area contributed by atoms with Gasteiger partial charge in [0.15, 0.2) is 11.5 Å². The van der Waals surface area contributed by atoms with Gasteiger partial charge < -0.3 is 10.1 Å². The van der Waals surface area contributed by atoms with Crippen LogP contribution in [0.3, 0.4) is 0 Å². The van der Waals surface area contributed by atoms with Gasteiger partial charge in [0, 0.05) is 18.5 Å². The number of rotatable bonds is 7. The van der Waals surface area contributed by atoms with E-state index in [0.29, 0.717) is 40.3 Å². The predicted molar refractivity (Wildman–Crippen MR) is 129 cm³/mol. The van der Waals surface area contributed by atoms with Gasteiger partial charge >= 0.3 is 0 Å². The largest absolute Gasteiger partial charge is 0.374 e. The van der Waals surface area contributed by atoms with E-state index in [1.54, 1.807) is 18.3 Å². The van der Waals surface area contributed by atoms with Crippen molar-refractivity contribution in [1.29, 1.82) is 5.26 Å². The molecule has 33 heavy (non-hydrogen) atoms. The third kappa shape index (κ3) is 4.92. The first kappa shape index (κ1) is 22.6. The van der Waals surface area contributed by atoms with Crippen molar-refractivity contribution < 1.29 is 4.74 Å². The first-order valence-corrected chi connectivity index (χ1v) is 10.9. The monoisotopic (exact) mass is 458 g/mol. The summed E-state index contributed by atoms with van der Waals surface area (Å²) in [5.74, 6) is 1.14. The lowest BCUT2D eigenvalue weighted by Crippen LogP contribution is -2.13. The van der Waals surface area contributed by atoms with Crippen LogP contribution in [0.1, 0.15) is 32.2 Å². The van der Waals surface area contributed by atoms with Crippen LogP contribution in [0.25, 0.3) is 22.4 Å². The Labute approximate surface area is 197 Å². The molecule has 3 heterocycles. The second-order valence-electron chi connectivity index (χ2n) is 7.97. The van der Waals surface area contributed by atoms with Gasteiger partial charge in [0.1, 0.15) is 18.1 Å². The molecule has 166 valence electrons. The van der Waals surface area contributed by atoms with Crippen LogP contribution < -0.4 is 5.32 Å². The summed E-state index contributed by atoms with van der Waals surface area (Å²) in [6.07, 6.45) is 1.68. The van der Waals surface area contributed by atoms with Gasteiger partial charge in [0.2, 0.25) is 0 Å². The highest BCUT2D eigenvalue weighted by atomic mass is 35.5. The number of hydrogen-bond acceptors (Lipinski definition) is 7. The first-order valence-electron chi connectivity index (χ1n) is 10.6. The lowest BCUT2D eigenvalue weighted by atomic mass is 9.86. The number of pyridine rings is 2. The molecule has 0 aliphatic rings. The van der Waals surface area contributed by atoms with E-state index in [1.165, 1.54) is 0 Å². The number of halogens is 1. The maximum Gasteiger partial charge on any atom is 0.165 e. The molecular weight excluding hydrogens is 436 g/mol. The van der Waals surface area contributed by atoms with Crippen molar-refractivity contribution in [2.75, 3.05) is 11.9 Å². The molecule has 3 aromatic heterocycles. The van der Waals surface area contributed by atoms with Gasteiger partial charge in [-0.2, -0.15) is 5.26 Å². The van der Waals surface area contributed by atoms with Gasteiger partial charge in [-0.1, -0.05) is 23.7 Å². The highest BCUT2D eigenvalue weighted by Gasteiger charge is 2.19. The van der Waals surface area contributed by atoms with Gasteiger partial charge in [-0.25, -0.2) is 15.0 Å². The Kier molecular flexibility index (Phi) is 6.50. The number of anilines is 2. The fourth-order valence-corrected chi connectivity index (χ4v) is 3.50. The molecule has 0 fully saturated rings. The van der Waals surface area contributed by atoms with E-state index in [9.17, 15) is 5.26 Å². The molecule has 0 aliphatic heterocycles. The van der Waals surface area contributed by atoms with Crippen molar-refractivity contribution in [3.05, 3.63) is 71.1 Å². The van der Waals surface area contributed by atoms with Crippen molar-refractivity contribution in [1.82, 2.24) is 19.9 Å². The third-order valence-electron chi connectivity index (χ3n) is 5.19. The number of nitriles is 1. The summed E-state index contributed by atoms with van der Waals surface area (Å²) in [7, 11) is 0. The molecule has 0 unspecified atom stereocenters. The van der Waals surface area contributed by atoms with Crippen LogP contribution in [-0.4, -0.2) is 26.5 Å². The summed E-state index contributed by atoms with van der Waals surface area (Å²) in [4.78, 5) is 18.3. The lowest BCUT2D eigenvalue weighted by molar-refractivity contribution is 0.128. The van der Waals surface area contributed by atoms with Crippen LogP contribution in [0.15, 0.2) is 54.7 Å². The Morgan fingerprint density at radius 2 is 1.85 bits per heavy atom. The second kappa shape index (κ2) is 9.49. The molecule has 0 saturated carbocycles. The maximum atomic E-state index is 9.38. The highest BCUT2D eigenvalue weighted by Crippen LogP contribution is 2.29. The van der Waals surface area contributed by atoms with E-state index in [2.05, 4.69) is 26.3 Å². The number of fused-ring (bicyclic) bond motifs is 1. The fraction of sp³-hybridized carbons (Fsp3) is 0.240. The van der Waals surface area contributed by atoms with E-state index < -0.39 is 5.41 Å². The molecule has 4 aromatic rings. The van der Waals surface area contributed by atoms with Crippen molar-refractivity contribution in [3.8, 4) is 17.5 Å². The minimum atomic E-state index is -0.558. The lowest BCUT2D eigenvalue weighted by Gasteiger charge is -2.16. The van der Waals surface area contributed by atoms with E-state index in [1.807, 2.05) is 57.2 Å². The minimum Gasteiger partial charge on any atom is -0.374 e. The molecular formula is C25H23ClN6O. The quantitative estimate of drug-likeness (QED) is 0.372. The van der Waals surface area contributed by atoms with E-state index in [4.69, 9.17) is 21.3 Å². The maximum absolute atomic E-state index is 9.38.